The number of carbonyl (C=O) groups excluding carboxylic acids is 2. The molecule has 1 saturated heterocycles. The van der Waals surface area contributed by atoms with Crippen molar-refractivity contribution >= 4 is 18.0 Å². The Morgan fingerprint density at radius 1 is 1.36 bits per heavy atom. The monoisotopic (exact) mass is 353 g/mol. The smallest absolute Gasteiger partial charge is 0.387 e. The average molecular weight is 353 g/mol. The summed E-state index contributed by atoms with van der Waals surface area (Å²) in [5.74, 6) is -0.884. The number of carbonyl (C=O) groups is 2. The highest BCUT2D eigenvalue weighted by molar-refractivity contribution is 5.92. The number of hydrogen-bond acceptors (Lipinski definition) is 4. The lowest BCUT2D eigenvalue weighted by Gasteiger charge is -2.30. The molecule has 7 heteroatoms. The third kappa shape index (κ3) is 5.55. The summed E-state index contributed by atoms with van der Waals surface area (Å²) in [7, 11) is 0. The topological polar surface area (TPSA) is 55.8 Å². The van der Waals surface area contributed by atoms with Crippen LogP contribution in [0.15, 0.2) is 30.3 Å². The van der Waals surface area contributed by atoms with Crippen molar-refractivity contribution in [1.82, 2.24) is 4.90 Å². The lowest BCUT2D eigenvalue weighted by Crippen LogP contribution is -2.42. The van der Waals surface area contributed by atoms with Gasteiger partial charge in [-0.25, -0.2) is 0 Å². The number of likely N-dealkylation sites (tertiary alicyclic amines) is 1. The first-order valence-corrected chi connectivity index (χ1v) is 8.18. The minimum Gasteiger partial charge on any atom is -0.466 e. The summed E-state index contributed by atoms with van der Waals surface area (Å²) in [5.41, 5.74) is 0.384. The lowest BCUT2D eigenvalue weighted by atomic mass is 9.98. The quantitative estimate of drug-likeness (QED) is 0.582. The van der Waals surface area contributed by atoms with Gasteiger partial charge in [-0.3, -0.25) is 9.59 Å². The zero-order chi connectivity index (χ0) is 18.2. The van der Waals surface area contributed by atoms with E-state index in [-0.39, 0.29) is 23.5 Å². The van der Waals surface area contributed by atoms with E-state index >= 15 is 0 Å². The molecule has 25 heavy (non-hydrogen) atoms. The molecule has 1 atom stereocenters. The molecule has 0 radical (unpaired) electrons. The Bertz CT molecular complexity index is 633. The van der Waals surface area contributed by atoms with Gasteiger partial charge in [0.1, 0.15) is 5.75 Å². The minimum absolute atomic E-state index is 0.00425. The molecular weight excluding hydrogens is 332 g/mol. The fourth-order valence-electron chi connectivity index (χ4n) is 2.72. The van der Waals surface area contributed by atoms with Crippen molar-refractivity contribution in [3.05, 3.63) is 35.9 Å². The first-order valence-electron chi connectivity index (χ1n) is 8.18. The van der Waals surface area contributed by atoms with Crippen LogP contribution in [0.4, 0.5) is 8.78 Å². The zero-order valence-corrected chi connectivity index (χ0v) is 14.0. The number of ether oxygens (including phenoxy) is 2. The molecule has 1 aliphatic heterocycles. The van der Waals surface area contributed by atoms with E-state index in [1.54, 1.807) is 30.0 Å². The van der Waals surface area contributed by atoms with Gasteiger partial charge < -0.3 is 14.4 Å². The largest absolute Gasteiger partial charge is 0.466 e. The molecule has 0 bridgehead atoms. The molecule has 0 saturated carbocycles. The van der Waals surface area contributed by atoms with E-state index in [4.69, 9.17) is 4.74 Å². The highest BCUT2D eigenvalue weighted by atomic mass is 19.3. The van der Waals surface area contributed by atoms with Crippen LogP contribution in [0.2, 0.25) is 0 Å². The Labute approximate surface area is 145 Å². The van der Waals surface area contributed by atoms with Crippen LogP contribution in [0.1, 0.15) is 25.3 Å². The second-order valence-electron chi connectivity index (χ2n) is 5.63. The number of halogens is 2. The Morgan fingerprint density at radius 2 is 2.12 bits per heavy atom. The van der Waals surface area contributed by atoms with Gasteiger partial charge in [0.05, 0.1) is 12.5 Å². The van der Waals surface area contributed by atoms with E-state index in [0.29, 0.717) is 38.1 Å². The number of alkyl halides is 2. The summed E-state index contributed by atoms with van der Waals surface area (Å²) in [6, 6.07) is 6.23. The highest BCUT2D eigenvalue weighted by Crippen LogP contribution is 2.22. The van der Waals surface area contributed by atoms with Gasteiger partial charge in [-0.15, -0.1) is 0 Å². The summed E-state index contributed by atoms with van der Waals surface area (Å²) in [4.78, 5) is 25.7. The second kappa shape index (κ2) is 9.15. The van der Waals surface area contributed by atoms with Crippen molar-refractivity contribution in [2.24, 2.45) is 5.92 Å². The van der Waals surface area contributed by atoms with Gasteiger partial charge in [-0.2, -0.15) is 8.78 Å². The van der Waals surface area contributed by atoms with Crippen molar-refractivity contribution in [3.8, 4) is 5.75 Å². The number of amides is 1. The third-order valence-corrected chi connectivity index (χ3v) is 3.89. The van der Waals surface area contributed by atoms with Gasteiger partial charge in [-0.1, -0.05) is 18.2 Å². The average Bonchev–Trinajstić information content (AvgIpc) is 2.60. The molecule has 0 aromatic heterocycles. The Hall–Kier alpha value is -2.44. The van der Waals surface area contributed by atoms with Crippen LogP contribution in [0, 0.1) is 5.92 Å². The standard InChI is InChI=1S/C18H21F2NO4/c1-2-24-17(23)14-7-5-11-21(12-14)16(22)10-9-13-6-3-4-8-15(13)25-18(19)20/h3-4,6,8-10,14,18H,2,5,7,11-12H2,1H3/b10-9+. The molecule has 0 spiro atoms. The number of hydrogen-bond donors (Lipinski definition) is 0. The number of nitrogens with zero attached hydrogens (tertiary/aromatic N) is 1. The predicted octanol–water partition coefficient (Wildman–Crippen LogP) is 3.10. The molecule has 1 aromatic carbocycles. The van der Waals surface area contributed by atoms with Crippen LogP contribution in [0.5, 0.6) is 5.75 Å². The number of benzene rings is 1. The Balaban J connectivity index is 2.01. The molecule has 2 rings (SSSR count). The fraction of sp³-hybridized carbons (Fsp3) is 0.444. The van der Waals surface area contributed by atoms with E-state index in [9.17, 15) is 18.4 Å². The van der Waals surface area contributed by atoms with Crippen molar-refractivity contribution in [1.29, 1.82) is 0 Å². The molecule has 1 fully saturated rings. The summed E-state index contributed by atoms with van der Waals surface area (Å²) in [5, 5.41) is 0. The van der Waals surface area contributed by atoms with Crippen LogP contribution < -0.4 is 4.74 Å². The molecule has 1 aromatic rings. The van der Waals surface area contributed by atoms with Gasteiger partial charge in [0, 0.05) is 24.7 Å². The van der Waals surface area contributed by atoms with Crippen molar-refractivity contribution < 1.29 is 27.8 Å². The summed E-state index contributed by atoms with van der Waals surface area (Å²) in [6.45, 7) is -0.0291. The Morgan fingerprint density at radius 3 is 2.84 bits per heavy atom. The Kier molecular flexibility index (Phi) is 6.91. The fourth-order valence-corrected chi connectivity index (χ4v) is 2.72. The van der Waals surface area contributed by atoms with Crippen LogP contribution in [-0.4, -0.2) is 43.1 Å². The van der Waals surface area contributed by atoms with E-state index in [1.165, 1.54) is 18.2 Å². The summed E-state index contributed by atoms with van der Waals surface area (Å²) < 4.78 is 34.2. The molecule has 1 amide bonds. The first kappa shape index (κ1) is 18.9. The third-order valence-electron chi connectivity index (χ3n) is 3.89. The number of piperidine rings is 1. The van der Waals surface area contributed by atoms with Crippen LogP contribution >= 0.6 is 0 Å². The van der Waals surface area contributed by atoms with Crippen LogP contribution in [0.25, 0.3) is 6.08 Å². The summed E-state index contributed by atoms with van der Waals surface area (Å²) in [6.07, 6.45) is 4.15. The minimum atomic E-state index is -2.93. The normalized spacial score (nSPS) is 17.8. The maximum Gasteiger partial charge on any atom is 0.387 e. The molecule has 5 nitrogen and oxygen atoms in total. The molecule has 1 aliphatic rings. The maximum absolute atomic E-state index is 12.4. The predicted molar refractivity (Wildman–Crippen MR) is 88.0 cm³/mol. The second-order valence-corrected chi connectivity index (χ2v) is 5.63. The van der Waals surface area contributed by atoms with E-state index in [0.717, 1.165) is 0 Å². The molecule has 1 heterocycles. The van der Waals surface area contributed by atoms with E-state index in [1.807, 2.05) is 0 Å². The number of para-hydroxylation sites is 1. The molecular formula is C18H21F2NO4. The molecule has 1 unspecified atom stereocenters. The van der Waals surface area contributed by atoms with Crippen LogP contribution in [-0.2, 0) is 14.3 Å². The summed E-state index contributed by atoms with van der Waals surface area (Å²) >= 11 is 0. The molecule has 136 valence electrons. The highest BCUT2D eigenvalue weighted by Gasteiger charge is 2.28. The van der Waals surface area contributed by atoms with Gasteiger partial charge in [0.2, 0.25) is 5.91 Å². The van der Waals surface area contributed by atoms with E-state index in [2.05, 4.69) is 4.74 Å². The SMILES string of the molecule is CCOC(=O)C1CCCN(C(=O)/C=C/c2ccccc2OC(F)F)C1. The molecule has 0 N–H and O–H groups in total. The van der Waals surface area contributed by atoms with Gasteiger partial charge >= 0.3 is 12.6 Å². The van der Waals surface area contributed by atoms with Crippen LogP contribution in [0.3, 0.4) is 0 Å². The molecule has 0 aliphatic carbocycles. The van der Waals surface area contributed by atoms with E-state index < -0.39 is 6.61 Å². The van der Waals surface area contributed by atoms with Crippen molar-refractivity contribution in [3.63, 3.8) is 0 Å². The first-order chi connectivity index (χ1) is 12.0. The maximum atomic E-state index is 12.4. The zero-order valence-electron chi connectivity index (χ0n) is 14.0. The lowest BCUT2D eigenvalue weighted by molar-refractivity contribution is -0.150. The van der Waals surface area contributed by atoms with Crippen molar-refractivity contribution in [2.75, 3.05) is 19.7 Å². The number of rotatable bonds is 6. The number of esters is 1. The van der Waals surface area contributed by atoms with Crippen molar-refractivity contribution in [2.45, 2.75) is 26.4 Å². The van der Waals surface area contributed by atoms with Gasteiger partial charge in [-0.05, 0) is 31.9 Å². The van der Waals surface area contributed by atoms with Gasteiger partial charge in [0.25, 0.3) is 0 Å². The van der Waals surface area contributed by atoms with Gasteiger partial charge in [0.15, 0.2) is 0 Å².